The predicted octanol–water partition coefficient (Wildman–Crippen LogP) is 2.90. The SMILES string of the molecule is CCCN1C=NS(=O)(=O)c2cc(C(=O)Nc3cc(OC)ccc3OC)ccc21. The Hall–Kier alpha value is -3.07. The molecule has 0 spiro atoms. The van der Waals surface area contributed by atoms with E-state index >= 15 is 0 Å². The second-order valence-corrected chi connectivity index (χ2v) is 7.69. The third-order valence-electron chi connectivity index (χ3n) is 4.25. The zero-order valence-electron chi connectivity index (χ0n) is 15.8. The molecule has 1 aliphatic heterocycles. The van der Waals surface area contributed by atoms with Crippen molar-refractivity contribution in [3.05, 3.63) is 42.0 Å². The highest BCUT2D eigenvalue weighted by Gasteiger charge is 2.26. The van der Waals surface area contributed by atoms with Gasteiger partial charge in [-0.15, -0.1) is 4.40 Å². The summed E-state index contributed by atoms with van der Waals surface area (Å²) >= 11 is 0. The van der Waals surface area contributed by atoms with Crippen LogP contribution in [0.5, 0.6) is 11.5 Å². The molecule has 8 nitrogen and oxygen atoms in total. The van der Waals surface area contributed by atoms with Gasteiger partial charge in [0.2, 0.25) is 0 Å². The maximum atomic E-state index is 12.7. The van der Waals surface area contributed by atoms with Gasteiger partial charge in [-0.05, 0) is 36.8 Å². The van der Waals surface area contributed by atoms with Gasteiger partial charge in [0.25, 0.3) is 15.9 Å². The molecule has 1 heterocycles. The molecule has 0 bridgehead atoms. The summed E-state index contributed by atoms with van der Waals surface area (Å²) in [5.74, 6) is 0.535. The molecular formula is C19H21N3O5S. The summed E-state index contributed by atoms with van der Waals surface area (Å²) in [6, 6.07) is 9.54. The Labute approximate surface area is 163 Å². The summed E-state index contributed by atoms with van der Waals surface area (Å²) in [5.41, 5.74) is 1.12. The van der Waals surface area contributed by atoms with Gasteiger partial charge in [-0.25, -0.2) is 0 Å². The lowest BCUT2D eigenvalue weighted by molar-refractivity contribution is 0.102. The van der Waals surface area contributed by atoms with E-state index in [1.807, 2.05) is 6.92 Å². The average Bonchev–Trinajstić information content (AvgIpc) is 2.70. The van der Waals surface area contributed by atoms with Gasteiger partial charge in [0.1, 0.15) is 22.7 Å². The Morgan fingerprint density at radius 1 is 1.14 bits per heavy atom. The van der Waals surface area contributed by atoms with Crippen molar-refractivity contribution in [1.82, 2.24) is 0 Å². The van der Waals surface area contributed by atoms with Crippen molar-refractivity contribution < 1.29 is 22.7 Å². The van der Waals surface area contributed by atoms with Crippen molar-refractivity contribution in [3.8, 4) is 11.5 Å². The van der Waals surface area contributed by atoms with Crippen LogP contribution in [0.2, 0.25) is 0 Å². The topological polar surface area (TPSA) is 97.3 Å². The molecule has 0 aromatic heterocycles. The summed E-state index contributed by atoms with van der Waals surface area (Å²) in [7, 11) is -0.835. The molecule has 1 N–H and O–H groups in total. The van der Waals surface area contributed by atoms with E-state index in [1.165, 1.54) is 26.6 Å². The van der Waals surface area contributed by atoms with Crippen molar-refractivity contribution in [2.24, 2.45) is 4.40 Å². The van der Waals surface area contributed by atoms with E-state index in [0.29, 0.717) is 29.4 Å². The molecule has 1 amide bonds. The maximum absolute atomic E-state index is 12.7. The van der Waals surface area contributed by atoms with E-state index in [2.05, 4.69) is 9.71 Å². The summed E-state index contributed by atoms with van der Waals surface area (Å²) in [5, 5.41) is 2.73. The van der Waals surface area contributed by atoms with Crippen LogP contribution >= 0.6 is 0 Å². The number of hydrogen-bond acceptors (Lipinski definition) is 6. The lowest BCUT2D eigenvalue weighted by Gasteiger charge is -2.25. The van der Waals surface area contributed by atoms with Gasteiger partial charge < -0.3 is 19.7 Å². The number of ether oxygens (including phenoxy) is 2. The normalized spacial score (nSPS) is 14.3. The first-order valence-corrected chi connectivity index (χ1v) is 10.1. The van der Waals surface area contributed by atoms with E-state index in [4.69, 9.17) is 9.47 Å². The number of rotatable bonds is 6. The highest BCUT2D eigenvalue weighted by molar-refractivity contribution is 7.90. The molecule has 1 aliphatic rings. The van der Waals surface area contributed by atoms with Crippen LogP contribution in [0.25, 0.3) is 0 Å². The number of carbonyl (C=O) groups excluding carboxylic acids is 1. The van der Waals surface area contributed by atoms with Crippen LogP contribution in [0.1, 0.15) is 23.7 Å². The molecule has 3 rings (SSSR count). The molecule has 2 aromatic carbocycles. The van der Waals surface area contributed by atoms with Crippen LogP contribution in [-0.2, 0) is 10.0 Å². The van der Waals surface area contributed by atoms with Crippen LogP contribution in [-0.4, -0.2) is 41.4 Å². The third kappa shape index (κ3) is 3.79. The monoisotopic (exact) mass is 403 g/mol. The van der Waals surface area contributed by atoms with Crippen molar-refractivity contribution >= 4 is 33.6 Å². The first-order chi connectivity index (χ1) is 13.4. The summed E-state index contributed by atoms with van der Waals surface area (Å²) in [6.07, 6.45) is 2.13. The van der Waals surface area contributed by atoms with Crippen molar-refractivity contribution in [3.63, 3.8) is 0 Å². The molecule has 0 atom stereocenters. The Morgan fingerprint density at radius 2 is 1.93 bits per heavy atom. The number of nitrogens with zero attached hydrogens (tertiary/aromatic N) is 2. The van der Waals surface area contributed by atoms with Crippen LogP contribution in [0, 0.1) is 0 Å². The van der Waals surface area contributed by atoms with E-state index in [-0.39, 0.29) is 10.5 Å². The van der Waals surface area contributed by atoms with Gasteiger partial charge in [-0.1, -0.05) is 6.92 Å². The standard InChI is InChI=1S/C19H21N3O5S/c1-4-9-22-12-20-28(24,25)18-10-13(5-7-16(18)22)19(23)21-15-11-14(26-2)6-8-17(15)27-3/h5-8,10-12H,4,9H2,1-3H3,(H,21,23). The van der Waals surface area contributed by atoms with E-state index < -0.39 is 15.9 Å². The van der Waals surface area contributed by atoms with Crippen LogP contribution < -0.4 is 19.7 Å². The highest BCUT2D eigenvalue weighted by Crippen LogP contribution is 2.32. The molecule has 0 radical (unpaired) electrons. The molecule has 0 saturated carbocycles. The largest absolute Gasteiger partial charge is 0.497 e. The Kier molecular flexibility index (Phi) is 5.55. The second kappa shape index (κ2) is 7.89. The molecule has 148 valence electrons. The van der Waals surface area contributed by atoms with Gasteiger partial charge in [0, 0.05) is 18.2 Å². The lowest BCUT2D eigenvalue weighted by atomic mass is 10.1. The van der Waals surface area contributed by atoms with Crippen LogP contribution in [0.15, 0.2) is 45.7 Å². The number of anilines is 2. The summed E-state index contributed by atoms with van der Waals surface area (Å²) in [6.45, 7) is 2.61. The molecule has 0 unspecified atom stereocenters. The molecule has 28 heavy (non-hydrogen) atoms. The summed E-state index contributed by atoms with van der Waals surface area (Å²) in [4.78, 5) is 14.5. The zero-order valence-corrected chi connectivity index (χ0v) is 16.6. The van der Waals surface area contributed by atoms with Gasteiger partial charge in [-0.2, -0.15) is 8.42 Å². The van der Waals surface area contributed by atoms with Gasteiger partial charge in [0.15, 0.2) is 0 Å². The molecule has 9 heteroatoms. The first kappa shape index (κ1) is 19.7. The smallest absolute Gasteiger partial charge is 0.285 e. The highest BCUT2D eigenvalue weighted by atomic mass is 32.2. The Bertz CT molecular complexity index is 1030. The fraction of sp³-hybridized carbons (Fsp3) is 0.263. The van der Waals surface area contributed by atoms with Gasteiger partial charge in [-0.3, -0.25) is 4.79 Å². The minimum Gasteiger partial charge on any atom is -0.497 e. The number of sulfonamides is 1. The molecule has 0 aliphatic carbocycles. The van der Waals surface area contributed by atoms with E-state index in [0.717, 1.165) is 6.42 Å². The fourth-order valence-electron chi connectivity index (χ4n) is 2.86. The average molecular weight is 403 g/mol. The fourth-order valence-corrected chi connectivity index (χ4v) is 3.94. The predicted molar refractivity (Wildman–Crippen MR) is 107 cm³/mol. The van der Waals surface area contributed by atoms with Crippen LogP contribution in [0.4, 0.5) is 11.4 Å². The second-order valence-electron chi connectivity index (χ2n) is 6.09. The maximum Gasteiger partial charge on any atom is 0.285 e. The minimum atomic E-state index is -3.84. The third-order valence-corrected chi connectivity index (χ3v) is 5.51. The number of amides is 1. The Balaban J connectivity index is 1.95. The quantitative estimate of drug-likeness (QED) is 0.797. The van der Waals surface area contributed by atoms with Crippen molar-refractivity contribution in [2.45, 2.75) is 18.2 Å². The van der Waals surface area contributed by atoms with Gasteiger partial charge in [0.05, 0.1) is 25.6 Å². The van der Waals surface area contributed by atoms with Crippen LogP contribution in [0.3, 0.4) is 0 Å². The van der Waals surface area contributed by atoms with E-state index in [1.54, 1.807) is 35.2 Å². The van der Waals surface area contributed by atoms with Gasteiger partial charge >= 0.3 is 0 Å². The van der Waals surface area contributed by atoms with Crippen molar-refractivity contribution in [1.29, 1.82) is 0 Å². The number of hydrogen-bond donors (Lipinski definition) is 1. The van der Waals surface area contributed by atoms with Crippen molar-refractivity contribution in [2.75, 3.05) is 31.0 Å². The number of nitrogens with one attached hydrogen (secondary N) is 1. The summed E-state index contributed by atoms with van der Waals surface area (Å²) < 4.78 is 38.8. The Morgan fingerprint density at radius 3 is 2.61 bits per heavy atom. The minimum absolute atomic E-state index is 0.00806. The zero-order chi connectivity index (χ0) is 20.3. The molecule has 0 saturated heterocycles. The number of carbonyl (C=O) groups is 1. The van der Waals surface area contributed by atoms with E-state index in [9.17, 15) is 13.2 Å². The number of methoxy groups -OCH3 is 2. The molecular weight excluding hydrogens is 382 g/mol. The lowest BCUT2D eigenvalue weighted by Crippen LogP contribution is -2.28. The molecule has 0 fully saturated rings. The first-order valence-electron chi connectivity index (χ1n) is 8.64. The molecule has 2 aromatic rings. The number of fused-ring (bicyclic) bond motifs is 1. The number of benzene rings is 2.